The van der Waals surface area contributed by atoms with E-state index in [1.807, 2.05) is 25.7 Å². The summed E-state index contributed by atoms with van der Waals surface area (Å²) in [6.45, 7) is 7.25. The quantitative estimate of drug-likeness (QED) is 0.916. The highest BCUT2D eigenvalue weighted by Crippen LogP contribution is 2.26. The Hall–Kier alpha value is -1.73. The number of likely N-dealkylation sites (tertiary alicyclic amines) is 1. The molecule has 1 aliphatic rings. The average Bonchev–Trinajstić information content (AvgIpc) is 3.03. The molecule has 1 amide bonds. The van der Waals surface area contributed by atoms with Gasteiger partial charge in [-0.2, -0.15) is 0 Å². The number of carbonyl (C=O) groups excluding carboxylic acids is 1. The zero-order valence-electron chi connectivity index (χ0n) is 13.7. The molecule has 2 aromatic heterocycles. The van der Waals surface area contributed by atoms with E-state index in [0.717, 1.165) is 21.7 Å². The second-order valence-electron chi connectivity index (χ2n) is 6.37. The topological polar surface area (TPSA) is 81.2 Å². The highest BCUT2D eigenvalue weighted by Gasteiger charge is 2.31. The first kappa shape index (κ1) is 16.1. The van der Waals surface area contributed by atoms with Gasteiger partial charge in [-0.3, -0.25) is 14.2 Å². The van der Waals surface area contributed by atoms with Gasteiger partial charge in [0.1, 0.15) is 11.4 Å². The highest BCUT2D eigenvalue weighted by atomic mass is 32.1. The molecule has 1 fully saturated rings. The summed E-state index contributed by atoms with van der Waals surface area (Å²) in [5.74, 6) is 0.314. The fraction of sp³-hybridized carbons (Fsp3) is 0.562. The molecule has 7 heteroatoms. The normalized spacial score (nSPS) is 21.3. The van der Waals surface area contributed by atoms with E-state index in [4.69, 9.17) is 5.73 Å². The fourth-order valence-corrected chi connectivity index (χ4v) is 4.27. The predicted octanol–water partition coefficient (Wildman–Crippen LogP) is 1.27. The van der Waals surface area contributed by atoms with E-state index >= 15 is 0 Å². The maximum absolute atomic E-state index is 12.7. The molecule has 0 bridgehead atoms. The molecule has 0 aliphatic carbocycles. The van der Waals surface area contributed by atoms with Gasteiger partial charge in [-0.1, -0.05) is 0 Å². The Labute approximate surface area is 138 Å². The van der Waals surface area contributed by atoms with Gasteiger partial charge in [0.25, 0.3) is 5.56 Å². The van der Waals surface area contributed by atoms with E-state index in [1.54, 1.807) is 0 Å². The van der Waals surface area contributed by atoms with Gasteiger partial charge in [0.05, 0.1) is 11.7 Å². The van der Waals surface area contributed by atoms with Crippen molar-refractivity contribution in [3.63, 3.8) is 0 Å². The van der Waals surface area contributed by atoms with Crippen LogP contribution in [0.4, 0.5) is 0 Å². The molecule has 23 heavy (non-hydrogen) atoms. The monoisotopic (exact) mass is 334 g/mol. The first-order valence-corrected chi connectivity index (χ1v) is 8.68. The van der Waals surface area contributed by atoms with Crippen LogP contribution in [0, 0.1) is 19.8 Å². The van der Waals surface area contributed by atoms with Gasteiger partial charge in [0, 0.05) is 17.5 Å². The minimum absolute atomic E-state index is 0.0394. The molecule has 2 atom stereocenters. The van der Waals surface area contributed by atoms with E-state index in [9.17, 15) is 9.59 Å². The van der Waals surface area contributed by atoms with E-state index in [0.29, 0.717) is 24.4 Å². The van der Waals surface area contributed by atoms with Crippen LogP contribution in [-0.2, 0) is 11.3 Å². The lowest BCUT2D eigenvalue weighted by Crippen LogP contribution is -2.39. The molecule has 2 aromatic rings. The number of carbonyl (C=O) groups is 1. The third-order valence-corrected chi connectivity index (χ3v) is 5.89. The summed E-state index contributed by atoms with van der Waals surface area (Å²) in [6, 6.07) is 0.175. The van der Waals surface area contributed by atoms with Crippen LogP contribution in [0.25, 0.3) is 10.2 Å². The molecule has 0 spiro atoms. The number of amides is 1. The molecular formula is C16H22N4O2S. The molecule has 6 nitrogen and oxygen atoms in total. The predicted molar refractivity (Wildman–Crippen MR) is 91.7 cm³/mol. The molecule has 3 heterocycles. The summed E-state index contributed by atoms with van der Waals surface area (Å²) in [5, 5.41) is 0.636. The minimum Gasteiger partial charge on any atom is -0.338 e. The molecule has 0 saturated carbocycles. The number of nitrogens with zero attached hydrogens (tertiary/aromatic N) is 3. The first-order valence-electron chi connectivity index (χ1n) is 7.87. The lowest BCUT2D eigenvalue weighted by atomic mass is 10.1. The number of aryl methyl sites for hydroxylation is 2. The Kier molecular flexibility index (Phi) is 4.25. The standard InChI is InChI=1S/C16H22N4O2S/c1-9-4-12(5-17)6-20(9)13(21)7-19-8-18-15-14(16(19)22)10(2)11(3)23-15/h8-9,12H,4-7,17H2,1-3H3. The molecule has 0 radical (unpaired) electrons. The Morgan fingerprint density at radius 2 is 2.22 bits per heavy atom. The third kappa shape index (κ3) is 2.79. The van der Waals surface area contributed by atoms with Crippen molar-refractivity contribution in [3.8, 4) is 0 Å². The van der Waals surface area contributed by atoms with Crippen molar-refractivity contribution in [2.45, 2.75) is 39.8 Å². The third-order valence-electron chi connectivity index (χ3n) is 4.78. The van der Waals surface area contributed by atoms with Gasteiger partial charge in [0.2, 0.25) is 5.91 Å². The molecule has 2 N–H and O–H groups in total. The van der Waals surface area contributed by atoms with Gasteiger partial charge >= 0.3 is 0 Å². The maximum Gasteiger partial charge on any atom is 0.262 e. The Morgan fingerprint density at radius 3 is 2.87 bits per heavy atom. The highest BCUT2D eigenvalue weighted by molar-refractivity contribution is 7.18. The molecule has 2 unspecified atom stereocenters. The number of aromatic nitrogens is 2. The molecular weight excluding hydrogens is 312 g/mol. The number of hydrogen-bond donors (Lipinski definition) is 1. The zero-order valence-corrected chi connectivity index (χ0v) is 14.5. The van der Waals surface area contributed by atoms with Gasteiger partial charge in [-0.05, 0) is 45.2 Å². The van der Waals surface area contributed by atoms with E-state index in [2.05, 4.69) is 4.98 Å². The lowest BCUT2D eigenvalue weighted by molar-refractivity contribution is -0.132. The Balaban J connectivity index is 1.87. The van der Waals surface area contributed by atoms with Crippen LogP contribution in [0.15, 0.2) is 11.1 Å². The van der Waals surface area contributed by atoms with E-state index in [1.165, 1.54) is 22.2 Å². The number of thiophene rings is 1. The van der Waals surface area contributed by atoms with Gasteiger partial charge < -0.3 is 10.6 Å². The minimum atomic E-state index is -0.132. The Morgan fingerprint density at radius 1 is 1.48 bits per heavy atom. The first-order chi connectivity index (χ1) is 10.9. The summed E-state index contributed by atoms with van der Waals surface area (Å²) >= 11 is 1.52. The Bertz CT molecular complexity index is 810. The molecule has 1 aliphatic heterocycles. The smallest absolute Gasteiger partial charge is 0.262 e. The van der Waals surface area contributed by atoms with Crippen LogP contribution < -0.4 is 11.3 Å². The van der Waals surface area contributed by atoms with Crippen molar-refractivity contribution in [1.29, 1.82) is 0 Å². The van der Waals surface area contributed by atoms with Crippen molar-refractivity contribution < 1.29 is 4.79 Å². The van der Waals surface area contributed by atoms with Crippen molar-refractivity contribution in [2.75, 3.05) is 13.1 Å². The van der Waals surface area contributed by atoms with E-state index in [-0.39, 0.29) is 24.1 Å². The number of nitrogens with two attached hydrogens (primary N) is 1. The van der Waals surface area contributed by atoms with Crippen molar-refractivity contribution in [1.82, 2.24) is 14.5 Å². The van der Waals surface area contributed by atoms with Crippen molar-refractivity contribution in [3.05, 3.63) is 27.1 Å². The number of hydrogen-bond acceptors (Lipinski definition) is 5. The van der Waals surface area contributed by atoms with Crippen molar-refractivity contribution in [2.24, 2.45) is 11.7 Å². The number of fused-ring (bicyclic) bond motifs is 1. The van der Waals surface area contributed by atoms with Crippen LogP contribution in [0.2, 0.25) is 0 Å². The molecule has 124 valence electrons. The van der Waals surface area contributed by atoms with Crippen LogP contribution in [-0.4, -0.2) is 39.5 Å². The molecule has 1 saturated heterocycles. The zero-order chi connectivity index (χ0) is 16.7. The van der Waals surface area contributed by atoms with Gasteiger partial charge in [-0.15, -0.1) is 11.3 Å². The SMILES string of the molecule is Cc1sc2ncn(CC(=O)N3CC(CN)CC3C)c(=O)c2c1C. The van der Waals surface area contributed by atoms with Crippen molar-refractivity contribution >= 4 is 27.5 Å². The largest absolute Gasteiger partial charge is 0.338 e. The average molecular weight is 334 g/mol. The van der Waals surface area contributed by atoms with Crippen LogP contribution >= 0.6 is 11.3 Å². The van der Waals surface area contributed by atoms with Crippen LogP contribution in [0.1, 0.15) is 23.8 Å². The van der Waals surface area contributed by atoms with Gasteiger partial charge in [0.15, 0.2) is 0 Å². The summed E-state index contributed by atoms with van der Waals surface area (Å²) in [5.41, 5.74) is 6.54. The second kappa shape index (κ2) is 6.05. The van der Waals surface area contributed by atoms with Crippen LogP contribution in [0.3, 0.4) is 0 Å². The fourth-order valence-electron chi connectivity index (χ4n) is 3.28. The molecule has 0 aromatic carbocycles. The van der Waals surface area contributed by atoms with Gasteiger partial charge in [-0.25, -0.2) is 4.98 Å². The second-order valence-corrected chi connectivity index (χ2v) is 7.58. The molecule has 3 rings (SSSR count). The summed E-state index contributed by atoms with van der Waals surface area (Å²) in [6.07, 6.45) is 2.41. The summed E-state index contributed by atoms with van der Waals surface area (Å²) < 4.78 is 1.42. The maximum atomic E-state index is 12.7. The lowest BCUT2D eigenvalue weighted by Gasteiger charge is -2.21. The summed E-state index contributed by atoms with van der Waals surface area (Å²) in [7, 11) is 0. The van der Waals surface area contributed by atoms with E-state index < -0.39 is 0 Å². The van der Waals surface area contributed by atoms with Crippen LogP contribution in [0.5, 0.6) is 0 Å². The number of rotatable bonds is 3. The summed E-state index contributed by atoms with van der Waals surface area (Å²) in [4.78, 5) is 33.2.